The first-order valence-electron chi connectivity index (χ1n) is 10.4. The molecule has 0 aromatic heterocycles. The number of hydrogen-bond acceptors (Lipinski definition) is 5. The minimum Gasteiger partial charge on any atom is -0.543 e. The fourth-order valence-electron chi connectivity index (χ4n) is 2.32. The molecule has 0 aliphatic carbocycles. The van der Waals surface area contributed by atoms with Crippen LogP contribution in [-0.4, -0.2) is 26.9 Å². The topological polar surface area (TPSA) is 61.8 Å². The van der Waals surface area contributed by atoms with E-state index in [0.717, 1.165) is 16.9 Å². The molecule has 0 amide bonds. The van der Waals surface area contributed by atoms with E-state index in [1.165, 1.54) is 6.08 Å². The monoisotopic (exact) mass is 450 g/mol. The molecule has 0 saturated heterocycles. The summed E-state index contributed by atoms with van der Waals surface area (Å²) in [5, 5.41) is 0.0592. The van der Waals surface area contributed by atoms with Gasteiger partial charge < -0.3 is 13.9 Å². The van der Waals surface area contributed by atoms with Crippen LogP contribution in [0.3, 0.4) is 0 Å². The summed E-state index contributed by atoms with van der Waals surface area (Å²) in [5.74, 6) is 4.31. The second-order valence-corrected chi connectivity index (χ2v) is 13.4. The lowest BCUT2D eigenvalue weighted by Gasteiger charge is -2.36. The Kier molecular flexibility index (Phi) is 8.86. The van der Waals surface area contributed by atoms with E-state index in [1.807, 2.05) is 54.6 Å². The maximum absolute atomic E-state index is 12.0. The van der Waals surface area contributed by atoms with Gasteiger partial charge in [0.25, 0.3) is 8.32 Å². The summed E-state index contributed by atoms with van der Waals surface area (Å²) < 4.78 is 16.4. The Hall–Kier alpha value is -3.30. The zero-order valence-corrected chi connectivity index (χ0v) is 20.3. The fourth-order valence-corrected chi connectivity index (χ4v) is 3.36. The highest BCUT2D eigenvalue weighted by molar-refractivity contribution is 6.74. The lowest BCUT2D eigenvalue weighted by atomic mass is 10.2. The predicted molar refractivity (Wildman–Crippen MR) is 128 cm³/mol. The Balaban J connectivity index is 1.86. The Bertz CT molecular complexity index is 1010. The predicted octanol–water partition coefficient (Wildman–Crippen LogP) is 5.37. The second kappa shape index (κ2) is 11.4. The fraction of sp³-hybridized carbons (Fsp3) is 0.308. The molecule has 5 nitrogen and oxygen atoms in total. The summed E-state index contributed by atoms with van der Waals surface area (Å²) in [6, 6.07) is 16.9. The molecule has 0 bridgehead atoms. The maximum atomic E-state index is 12.0. The molecular weight excluding hydrogens is 420 g/mol. The van der Waals surface area contributed by atoms with Crippen molar-refractivity contribution in [2.24, 2.45) is 0 Å². The SMILES string of the molecule is CC(C)(C)[Si](C)(C)Oc1ccccc1/C=C/C(=O)OCC#CC(=O)OCc1ccccc1. The van der Waals surface area contributed by atoms with E-state index in [4.69, 9.17) is 13.9 Å². The van der Waals surface area contributed by atoms with Gasteiger partial charge in [-0.25, -0.2) is 9.59 Å². The van der Waals surface area contributed by atoms with Crippen LogP contribution >= 0.6 is 0 Å². The van der Waals surface area contributed by atoms with Gasteiger partial charge in [-0.2, -0.15) is 0 Å². The van der Waals surface area contributed by atoms with Gasteiger partial charge in [-0.1, -0.05) is 69.3 Å². The first-order valence-corrected chi connectivity index (χ1v) is 13.3. The molecular formula is C26H30O5Si. The Morgan fingerprint density at radius 1 is 0.969 bits per heavy atom. The zero-order chi connectivity index (χ0) is 23.6. The van der Waals surface area contributed by atoms with Crippen LogP contribution in [-0.2, 0) is 25.7 Å². The summed E-state index contributed by atoms with van der Waals surface area (Å²) in [6.07, 6.45) is 2.98. The van der Waals surface area contributed by atoms with E-state index in [1.54, 1.807) is 6.08 Å². The number of esters is 2. The van der Waals surface area contributed by atoms with E-state index in [-0.39, 0.29) is 18.3 Å². The van der Waals surface area contributed by atoms with Crippen molar-refractivity contribution in [3.8, 4) is 17.6 Å². The van der Waals surface area contributed by atoms with Crippen LogP contribution in [0.25, 0.3) is 6.08 Å². The van der Waals surface area contributed by atoms with Gasteiger partial charge in [-0.3, -0.25) is 0 Å². The van der Waals surface area contributed by atoms with E-state index < -0.39 is 20.3 Å². The quantitative estimate of drug-likeness (QED) is 0.186. The third-order valence-electron chi connectivity index (χ3n) is 5.18. The van der Waals surface area contributed by atoms with E-state index >= 15 is 0 Å². The molecule has 0 fully saturated rings. The number of carbonyl (C=O) groups excluding carboxylic acids is 2. The first-order chi connectivity index (χ1) is 15.1. The molecule has 0 radical (unpaired) electrons. The average Bonchev–Trinajstić information content (AvgIpc) is 2.74. The van der Waals surface area contributed by atoms with E-state index in [2.05, 4.69) is 45.7 Å². The third kappa shape index (κ3) is 8.08. The van der Waals surface area contributed by atoms with Crippen LogP contribution in [0.1, 0.15) is 31.9 Å². The molecule has 32 heavy (non-hydrogen) atoms. The molecule has 2 aromatic carbocycles. The number of ether oxygens (including phenoxy) is 2. The lowest BCUT2D eigenvalue weighted by molar-refractivity contribution is -0.138. The molecule has 168 valence electrons. The number of rotatable bonds is 7. The Morgan fingerprint density at radius 2 is 1.62 bits per heavy atom. The van der Waals surface area contributed by atoms with Gasteiger partial charge in [0.15, 0.2) is 6.61 Å². The van der Waals surface area contributed by atoms with E-state index in [0.29, 0.717) is 0 Å². The molecule has 0 spiro atoms. The number of para-hydroxylation sites is 1. The summed E-state index contributed by atoms with van der Waals surface area (Å²) in [4.78, 5) is 23.6. The summed E-state index contributed by atoms with van der Waals surface area (Å²) in [5.41, 5.74) is 1.67. The summed E-state index contributed by atoms with van der Waals surface area (Å²) in [6.45, 7) is 10.8. The number of benzene rings is 2. The van der Waals surface area contributed by atoms with Gasteiger partial charge in [0.05, 0.1) is 0 Å². The second-order valence-electron chi connectivity index (χ2n) is 8.70. The van der Waals surface area contributed by atoms with Crippen LogP contribution in [0.4, 0.5) is 0 Å². The van der Waals surface area contributed by atoms with Gasteiger partial charge in [-0.05, 0) is 41.8 Å². The largest absolute Gasteiger partial charge is 0.543 e. The van der Waals surface area contributed by atoms with E-state index in [9.17, 15) is 9.59 Å². The van der Waals surface area contributed by atoms with Crippen molar-refractivity contribution in [1.29, 1.82) is 0 Å². The van der Waals surface area contributed by atoms with Crippen LogP contribution in [0.2, 0.25) is 18.1 Å². The molecule has 6 heteroatoms. The molecule has 2 aromatic rings. The van der Waals surface area contributed by atoms with Crippen molar-refractivity contribution in [3.05, 3.63) is 71.8 Å². The molecule has 0 saturated carbocycles. The van der Waals surface area contributed by atoms with Crippen molar-refractivity contribution in [1.82, 2.24) is 0 Å². The van der Waals surface area contributed by atoms with Crippen LogP contribution in [0.5, 0.6) is 5.75 Å². The van der Waals surface area contributed by atoms with Crippen molar-refractivity contribution in [3.63, 3.8) is 0 Å². The molecule has 0 aliphatic rings. The third-order valence-corrected chi connectivity index (χ3v) is 9.52. The molecule has 0 unspecified atom stereocenters. The van der Waals surface area contributed by atoms with Gasteiger partial charge in [0.1, 0.15) is 12.4 Å². The normalized spacial score (nSPS) is 11.4. The minimum absolute atomic E-state index is 0.0592. The van der Waals surface area contributed by atoms with Gasteiger partial charge in [0, 0.05) is 17.6 Å². The number of carbonyl (C=O) groups is 2. The number of hydrogen-bond donors (Lipinski definition) is 0. The highest BCUT2D eigenvalue weighted by Gasteiger charge is 2.39. The molecule has 2 rings (SSSR count). The van der Waals surface area contributed by atoms with Gasteiger partial charge >= 0.3 is 11.9 Å². The Labute approximate surface area is 191 Å². The van der Waals surface area contributed by atoms with Gasteiger partial charge in [0.2, 0.25) is 0 Å². The smallest absolute Gasteiger partial charge is 0.384 e. The summed E-state index contributed by atoms with van der Waals surface area (Å²) >= 11 is 0. The molecule has 0 heterocycles. The average molecular weight is 451 g/mol. The van der Waals surface area contributed by atoms with Crippen molar-refractivity contribution >= 4 is 26.3 Å². The molecule has 0 aliphatic heterocycles. The van der Waals surface area contributed by atoms with Crippen LogP contribution < -0.4 is 4.43 Å². The van der Waals surface area contributed by atoms with Gasteiger partial charge in [-0.15, -0.1) is 0 Å². The molecule has 0 N–H and O–H groups in total. The maximum Gasteiger partial charge on any atom is 0.384 e. The molecule has 0 atom stereocenters. The highest BCUT2D eigenvalue weighted by Crippen LogP contribution is 2.38. The van der Waals surface area contributed by atoms with Crippen LogP contribution in [0, 0.1) is 11.8 Å². The summed E-state index contributed by atoms with van der Waals surface area (Å²) in [7, 11) is -2.01. The Morgan fingerprint density at radius 3 is 2.31 bits per heavy atom. The minimum atomic E-state index is -2.01. The first kappa shape index (κ1) is 25.0. The van der Waals surface area contributed by atoms with Crippen molar-refractivity contribution < 1.29 is 23.5 Å². The zero-order valence-electron chi connectivity index (χ0n) is 19.3. The lowest BCUT2D eigenvalue weighted by Crippen LogP contribution is -2.44. The highest BCUT2D eigenvalue weighted by atomic mass is 28.4. The standard InChI is InChI=1S/C26H30O5Si/c1-26(2,3)32(4,5)31-23-15-10-9-14-22(23)17-18-25(28)29-19-11-16-24(27)30-20-21-12-7-6-8-13-21/h6-10,12-15,17-18H,19-20H2,1-5H3/b18-17+. The van der Waals surface area contributed by atoms with Crippen molar-refractivity contribution in [2.75, 3.05) is 6.61 Å². The van der Waals surface area contributed by atoms with Crippen LogP contribution in [0.15, 0.2) is 60.7 Å². The van der Waals surface area contributed by atoms with Crippen molar-refractivity contribution in [2.45, 2.75) is 45.5 Å².